The summed E-state index contributed by atoms with van der Waals surface area (Å²) >= 11 is 0. The van der Waals surface area contributed by atoms with Crippen LogP contribution < -0.4 is 5.32 Å². The fourth-order valence-electron chi connectivity index (χ4n) is 1.27. The molecule has 0 fully saturated rings. The van der Waals surface area contributed by atoms with E-state index in [0.717, 1.165) is 24.1 Å². The van der Waals surface area contributed by atoms with Gasteiger partial charge in [-0.25, -0.2) is 0 Å². The third-order valence-electron chi connectivity index (χ3n) is 1.96. The van der Waals surface area contributed by atoms with Crippen LogP contribution in [0.4, 0.5) is 0 Å². The van der Waals surface area contributed by atoms with Crippen molar-refractivity contribution in [1.29, 1.82) is 0 Å². The first-order valence-corrected chi connectivity index (χ1v) is 4.40. The third kappa shape index (κ3) is 1.67. The average Bonchev–Trinajstić information content (AvgIpc) is 2.61. The van der Waals surface area contributed by atoms with Gasteiger partial charge in [0.25, 0.3) is 0 Å². The molecule has 1 aromatic carbocycles. The fourth-order valence-corrected chi connectivity index (χ4v) is 1.27. The smallest absolute Gasteiger partial charge is 0.113 e. The number of rotatable bonds is 3. The summed E-state index contributed by atoms with van der Waals surface area (Å²) in [5.74, 6) is 0. The number of aromatic amines is 1. The van der Waals surface area contributed by atoms with E-state index >= 15 is 0 Å². The van der Waals surface area contributed by atoms with Gasteiger partial charge in [-0.05, 0) is 24.2 Å². The predicted molar refractivity (Wildman–Crippen MR) is 51.3 cm³/mol. The number of benzene rings is 1. The topological polar surface area (TPSA) is 53.6 Å². The molecular weight excluding hydrogens is 164 g/mol. The summed E-state index contributed by atoms with van der Waals surface area (Å²) in [6.07, 6.45) is 0. The van der Waals surface area contributed by atoms with E-state index in [1.165, 1.54) is 5.56 Å². The molecule has 1 aromatic heterocycles. The van der Waals surface area contributed by atoms with Gasteiger partial charge in [0.05, 0.1) is 0 Å². The monoisotopic (exact) mass is 176 g/mol. The van der Waals surface area contributed by atoms with Gasteiger partial charge in [0.15, 0.2) is 0 Å². The molecule has 68 valence electrons. The molecule has 0 spiro atoms. The first-order chi connectivity index (χ1) is 6.40. The van der Waals surface area contributed by atoms with Gasteiger partial charge in [-0.15, -0.1) is 0 Å². The molecule has 0 aliphatic carbocycles. The van der Waals surface area contributed by atoms with Gasteiger partial charge in [0.1, 0.15) is 11.0 Å². The van der Waals surface area contributed by atoms with Crippen molar-refractivity contribution in [3.63, 3.8) is 0 Å². The molecule has 13 heavy (non-hydrogen) atoms. The van der Waals surface area contributed by atoms with Crippen LogP contribution in [0.5, 0.6) is 0 Å². The second kappa shape index (κ2) is 3.53. The summed E-state index contributed by atoms with van der Waals surface area (Å²) in [5, 5.41) is 13.9. The summed E-state index contributed by atoms with van der Waals surface area (Å²) in [7, 11) is 0. The number of hydrogen-bond donors (Lipinski definition) is 2. The molecule has 0 radical (unpaired) electrons. The number of hydrogen-bond acceptors (Lipinski definition) is 3. The van der Waals surface area contributed by atoms with Crippen LogP contribution in [0.15, 0.2) is 18.2 Å². The van der Waals surface area contributed by atoms with Crippen molar-refractivity contribution in [3.8, 4) is 0 Å². The Labute approximate surface area is 76.3 Å². The largest absolute Gasteiger partial charge is 0.313 e. The van der Waals surface area contributed by atoms with E-state index in [0.29, 0.717) is 0 Å². The van der Waals surface area contributed by atoms with Crippen LogP contribution in [0.25, 0.3) is 11.0 Å². The average molecular weight is 176 g/mol. The Bertz CT molecular complexity index is 393. The molecule has 0 saturated heterocycles. The van der Waals surface area contributed by atoms with Gasteiger partial charge in [-0.1, -0.05) is 13.0 Å². The Morgan fingerprint density at radius 1 is 1.31 bits per heavy atom. The van der Waals surface area contributed by atoms with Gasteiger partial charge in [-0.3, -0.25) is 0 Å². The molecule has 0 aliphatic rings. The van der Waals surface area contributed by atoms with Crippen LogP contribution in [0, 0.1) is 0 Å². The minimum Gasteiger partial charge on any atom is -0.313 e. The zero-order chi connectivity index (χ0) is 9.10. The molecule has 1 heterocycles. The van der Waals surface area contributed by atoms with Crippen molar-refractivity contribution in [1.82, 2.24) is 20.7 Å². The molecule has 0 atom stereocenters. The van der Waals surface area contributed by atoms with E-state index in [-0.39, 0.29) is 0 Å². The lowest BCUT2D eigenvalue weighted by molar-refractivity contribution is 0.727. The number of aromatic nitrogens is 3. The van der Waals surface area contributed by atoms with Crippen molar-refractivity contribution in [2.45, 2.75) is 13.5 Å². The summed E-state index contributed by atoms with van der Waals surface area (Å²) < 4.78 is 0. The highest BCUT2D eigenvalue weighted by Crippen LogP contribution is 2.09. The van der Waals surface area contributed by atoms with E-state index in [2.05, 4.69) is 33.7 Å². The molecule has 2 aromatic rings. The van der Waals surface area contributed by atoms with E-state index in [9.17, 15) is 0 Å². The lowest BCUT2D eigenvalue weighted by Crippen LogP contribution is -2.11. The third-order valence-corrected chi connectivity index (χ3v) is 1.96. The lowest BCUT2D eigenvalue weighted by atomic mass is 10.2. The summed E-state index contributed by atoms with van der Waals surface area (Å²) in [6, 6.07) is 6.08. The molecule has 2 rings (SSSR count). The fraction of sp³-hybridized carbons (Fsp3) is 0.333. The zero-order valence-corrected chi connectivity index (χ0v) is 7.54. The number of nitrogens with zero attached hydrogens (tertiary/aromatic N) is 2. The highest BCUT2D eigenvalue weighted by molar-refractivity contribution is 5.74. The van der Waals surface area contributed by atoms with Crippen molar-refractivity contribution in [2.24, 2.45) is 0 Å². The number of H-pyrrole nitrogens is 1. The van der Waals surface area contributed by atoms with Crippen molar-refractivity contribution >= 4 is 11.0 Å². The quantitative estimate of drug-likeness (QED) is 0.735. The molecule has 2 N–H and O–H groups in total. The maximum Gasteiger partial charge on any atom is 0.113 e. The summed E-state index contributed by atoms with van der Waals surface area (Å²) in [4.78, 5) is 0. The molecule has 0 aliphatic heterocycles. The highest BCUT2D eigenvalue weighted by atomic mass is 15.3. The molecule has 0 saturated carbocycles. The van der Waals surface area contributed by atoms with Gasteiger partial charge in [0, 0.05) is 6.54 Å². The molecule has 0 unspecified atom stereocenters. The molecule has 0 bridgehead atoms. The van der Waals surface area contributed by atoms with Crippen molar-refractivity contribution in [3.05, 3.63) is 23.8 Å². The Morgan fingerprint density at radius 2 is 2.15 bits per heavy atom. The van der Waals surface area contributed by atoms with E-state index < -0.39 is 0 Å². The van der Waals surface area contributed by atoms with Crippen molar-refractivity contribution in [2.75, 3.05) is 6.54 Å². The van der Waals surface area contributed by atoms with Gasteiger partial charge in [0.2, 0.25) is 0 Å². The Balaban J connectivity index is 2.26. The number of fused-ring (bicyclic) bond motifs is 1. The Morgan fingerprint density at radius 3 is 3.00 bits per heavy atom. The van der Waals surface area contributed by atoms with Crippen LogP contribution in [-0.2, 0) is 6.54 Å². The minimum atomic E-state index is 0.888. The maximum atomic E-state index is 4.02. The first kappa shape index (κ1) is 8.19. The van der Waals surface area contributed by atoms with E-state index in [1.807, 2.05) is 12.1 Å². The van der Waals surface area contributed by atoms with E-state index in [1.54, 1.807) is 0 Å². The van der Waals surface area contributed by atoms with Crippen molar-refractivity contribution < 1.29 is 0 Å². The SMILES string of the molecule is CCNCc1ccc2n[nH]nc2c1. The number of nitrogens with one attached hydrogen (secondary N) is 2. The first-order valence-electron chi connectivity index (χ1n) is 4.40. The Hall–Kier alpha value is -1.42. The maximum absolute atomic E-state index is 4.02. The van der Waals surface area contributed by atoms with Gasteiger partial charge >= 0.3 is 0 Å². The zero-order valence-electron chi connectivity index (χ0n) is 7.54. The molecular formula is C9H12N4. The Kier molecular flexibility index (Phi) is 2.23. The molecule has 4 nitrogen and oxygen atoms in total. The normalized spacial score (nSPS) is 10.8. The molecule has 4 heteroatoms. The van der Waals surface area contributed by atoms with Gasteiger partial charge in [-0.2, -0.15) is 15.4 Å². The highest BCUT2D eigenvalue weighted by Gasteiger charge is 1.98. The van der Waals surface area contributed by atoms with Gasteiger partial charge < -0.3 is 5.32 Å². The minimum absolute atomic E-state index is 0.888. The summed E-state index contributed by atoms with van der Waals surface area (Å²) in [5.41, 5.74) is 3.08. The van der Waals surface area contributed by atoms with E-state index in [4.69, 9.17) is 0 Å². The van der Waals surface area contributed by atoms with Crippen LogP contribution in [0.3, 0.4) is 0 Å². The van der Waals surface area contributed by atoms with Crippen LogP contribution in [0.2, 0.25) is 0 Å². The molecule has 0 amide bonds. The lowest BCUT2D eigenvalue weighted by Gasteiger charge is -2.00. The predicted octanol–water partition coefficient (Wildman–Crippen LogP) is 1.07. The standard InChI is InChI=1S/C9H12N4/c1-2-10-6-7-3-4-8-9(5-7)12-13-11-8/h3-5,10H,2,6H2,1H3,(H,11,12,13). The second-order valence-corrected chi connectivity index (χ2v) is 2.93. The van der Waals surface area contributed by atoms with Crippen LogP contribution in [0.1, 0.15) is 12.5 Å². The summed E-state index contributed by atoms with van der Waals surface area (Å²) in [6.45, 7) is 3.96. The van der Waals surface area contributed by atoms with Crippen LogP contribution in [-0.4, -0.2) is 22.0 Å². The van der Waals surface area contributed by atoms with Crippen LogP contribution >= 0.6 is 0 Å². The second-order valence-electron chi connectivity index (χ2n) is 2.93.